The normalized spacial score (nSPS) is 30.8. The number of rotatable bonds is 6. The van der Waals surface area contributed by atoms with Crippen molar-refractivity contribution in [3.63, 3.8) is 0 Å². The molecule has 0 spiro atoms. The molecule has 3 N–H and O–H groups in total. The molecule has 0 bridgehead atoms. The van der Waals surface area contributed by atoms with Gasteiger partial charge in [-0.05, 0) is 51.9 Å². The predicted octanol–water partition coefficient (Wildman–Crippen LogP) is 0.284. The Morgan fingerprint density at radius 1 is 1.07 bits per heavy atom. The zero-order chi connectivity index (χ0) is 19.8. The van der Waals surface area contributed by atoms with Gasteiger partial charge in [-0.3, -0.25) is 14.5 Å². The van der Waals surface area contributed by atoms with Crippen molar-refractivity contribution in [1.82, 2.24) is 25.8 Å². The molecule has 4 amide bonds. The first kappa shape index (κ1) is 19.5. The fourth-order valence-electron chi connectivity index (χ4n) is 4.42. The van der Waals surface area contributed by atoms with Gasteiger partial charge in [-0.25, -0.2) is 4.79 Å². The Balaban J connectivity index is 1.42. The lowest BCUT2D eigenvalue weighted by Gasteiger charge is -2.25. The minimum atomic E-state index is -0.472. The van der Waals surface area contributed by atoms with Gasteiger partial charge >= 0.3 is 6.03 Å². The van der Waals surface area contributed by atoms with E-state index in [2.05, 4.69) is 20.9 Å². The summed E-state index contributed by atoms with van der Waals surface area (Å²) in [5.74, 6) is 0.851. The predicted molar refractivity (Wildman–Crippen MR) is 105 cm³/mol. The van der Waals surface area contributed by atoms with E-state index in [1.807, 2.05) is 18.7 Å². The summed E-state index contributed by atoms with van der Waals surface area (Å²) in [7, 11) is 0. The van der Waals surface area contributed by atoms with E-state index in [-0.39, 0.29) is 41.9 Å². The van der Waals surface area contributed by atoms with Crippen LogP contribution in [0.15, 0.2) is 0 Å². The van der Waals surface area contributed by atoms with Crippen LogP contribution in [0.25, 0.3) is 0 Å². The van der Waals surface area contributed by atoms with E-state index < -0.39 is 6.04 Å². The Kier molecular flexibility index (Phi) is 5.49. The summed E-state index contributed by atoms with van der Waals surface area (Å²) in [6.45, 7) is 6.79. The minimum Gasteiger partial charge on any atom is -0.343 e. The highest BCUT2D eigenvalue weighted by molar-refractivity contribution is 5.90. The van der Waals surface area contributed by atoms with Crippen molar-refractivity contribution in [1.29, 1.82) is 0 Å². The van der Waals surface area contributed by atoms with Crippen LogP contribution in [-0.2, 0) is 9.59 Å². The number of nitrogens with one attached hydrogen (secondary N) is 3. The van der Waals surface area contributed by atoms with Gasteiger partial charge in [0.15, 0.2) is 0 Å². The molecular formula is C20H33N5O3. The van der Waals surface area contributed by atoms with Crippen molar-refractivity contribution in [2.75, 3.05) is 26.2 Å². The number of nitrogens with zero attached hydrogens (tertiary/aromatic N) is 2. The summed E-state index contributed by atoms with van der Waals surface area (Å²) in [4.78, 5) is 41.9. The van der Waals surface area contributed by atoms with Crippen LogP contribution in [-0.4, -0.2) is 78.0 Å². The number of fused-ring (bicyclic) bond motifs is 1. The molecule has 0 aromatic carbocycles. The molecule has 2 aliphatic heterocycles. The first-order chi connectivity index (χ1) is 13.4. The van der Waals surface area contributed by atoms with Crippen molar-refractivity contribution in [3.05, 3.63) is 0 Å². The van der Waals surface area contributed by atoms with Crippen LogP contribution in [0.3, 0.4) is 0 Å². The number of amides is 4. The number of carbonyl (C=O) groups excluding carboxylic acids is 3. The minimum absolute atomic E-state index is 0.00543. The number of hydrogen-bond acceptors (Lipinski definition) is 4. The largest absolute Gasteiger partial charge is 0.343 e. The number of hydrogen-bond donors (Lipinski definition) is 3. The molecular weight excluding hydrogens is 358 g/mol. The topological polar surface area (TPSA) is 93.8 Å². The van der Waals surface area contributed by atoms with Gasteiger partial charge in [0.05, 0.1) is 6.04 Å². The zero-order valence-electron chi connectivity index (χ0n) is 16.9. The molecule has 2 aliphatic carbocycles. The van der Waals surface area contributed by atoms with Gasteiger partial charge in [-0.1, -0.05) is 0 Å². The van der Waals surface area contributed by atoms with E-state index in [9.17, 15) is 14.4 Å². The molecule has 0 aromatic rings. The van der Waals surface area contributed by atoms with Crippen LogP contribution in [0.5, 0.6) is 0 Å². The first-order valence-electron chi connectivity index (χ1n) is 10.8. The third-order valence-corrected chi connectivity index (χ3v) is 6.14. The van der Waals surface area contributed by atoms with E-state index >= 15 is 0 Å². The molecule has 2 saturated heterocycles. The highest BCUT2D eigenvalue weighted by Crippen LogP contribution is 2.32. The third kappa shape index (κ3) is 4.77. The van der Waals surface area contributed by atoms with Crippen molar-refractivity contribution in [2.45, 2.75) is 70.1 Å². The molecule has 28 heavy (non-hydrogen) atoms. The summed E-state index contributed by atoms with van der Waals surface area (Å²) >= 11 is 0. The molecule has 2 saturated carbocycles. The molecule has 8 nitrogen and oxygen atoms in total. The Bertz CT molecular complexity index is 631. The highest BCUT2D eigenvalue weighted by atomic mass is 16.2. The molecule has 8 heteroatoms. The van der Waals surface area contributed by atoms with Crippen molar-refractivity contribution < 1.29 is 14.4 Å². The fourth-order valence-corrected chi connectivity index (χ4v) is 4.42. The molecule has 4 rings (SSSR count). The number of urea groups is 1. The van der Waals surface area contributed by atoms with Gasteiger partial charge in [0.2, 0.25) is 11.8 Å². The maximum Gasteiger partial charge on any atom is 0.315 e. The molecule has 0 radical (unpaired) electrons. The van der Waals surface area contributed by atoms with Crippen molar-refractivity contribution in [2.24, 2.45) is 11.8 Å². The second-order valence-corrected chi connectivity index (χ2v) is 9.35. The lowest BCUT2D eigenvalue weighted by atomic mass is 10.1. The molecule has 156 valence electrons. The summed E-state index contributed by atoms with van der Waals surface area (Å²) in [5, 5.41) is 8.88. The van der Waals surface area contributed by atoms with Gasteiger partial charge < -0.3 is 20.9 Å². The standard InChI is InChI=1S/C20H33N5O3/c1-12(2)21-20(28)22-15-7-16-10-24(8-13-3-4-13)11-17(19(27)25(16)9-15)23-18(26)14-5-6-14/h12-17H,3-11H2,1-2H3,(H,23,26)(H2,21,22,28)/t15-,16-,17-/m0/s1. The number of carbonyl (C=O) groups is 3. The SMILES string of the molecule is CC(C)NC(=O)N[C@H]1C[C@H]2CN(CC3CC3)C[C@H](NC(=O)C3CC3)C(=O)N2C1. The first-order valence-corrected chi connectivity index (χ1v) is 10.8. The summed E-state index contributed by atoms with van der Waals surface area (Å²) in [6, 6.07) is -0.532. The summed E-state index contributed by atoms with van der Waals surface area (Å²) < 4.78 is 0. The van der Waals surface area contributed by atoms with E-state index in [1.54, 1.807) is 0 Å². The maximum atomic E-state index is 13.2. The second-order valence-electron chi connectivity index (χ2n) is 9.35. The molecule has 3 atom stereocenters. The van der Waals surface area contributed by atoms with Gasteiger partial charge in [0, 0.05) is 44.2 Å². The van der Waals surface area contributed by atoms with E-state index in [4.69, 9.17) is 0 Å². The van der Waals surface area contributed by atoms with Gasteiger partial charge in [0.25, 0.3) is 0 Å². The lowest BCUT2D eigenvalue weighted by Crippen LogP contribution is -2.52. The van der Waals surface area contributed by atoms with Crippen molar-refractivity contribution >= 4 is 17.8 Å². The zero-order valence-corrected chi connectivity index (χ0v) is 16.9. The Morgan fingerprint density at radius 3 is 2.46 bits per heavy atom. The van der Waals surface area contributed by atoms with Crippen LogP contribution in [0, 0.1) is 11.8 Å². The maximum absolute atomic E-state index is 13.2. The Labute approximate surface area is 166 Å². The quantitative estimate of drug-likeness (QED) is 0.606. The van der Waals surface area contributed by atoms with Crippen molar-refractivity contribution in [3.8, 4) is 0 Å². The van der Waals surface area contributed by atoms with Crippen LogP contribution in [0.4, 0.5) is 4.79 Å². The Hall–Kier alpha value is -1.83. The molecule has 0 unspecified atom stereocenters. The molecule has 4 aliphatic rings. The Morgan fingerprint density at radius 2 is 1.82 bits per heavy atom. The van der Waals surface area contributed by atoms with Crippen LogP contribution < -0.4 is 16.0 Å². The summed E-state index contributed by atoms with van der Waals surface area (Å²) in [6.07, 6.45) is 5.15. The fraction of sp³-hybridized carbons (Fsp3) is 0.850. The molecule has 2 heterocycles. The average molecular weight is 392 g/mol. The average Bonchev–Trinajstić information content (AvgIpc) is 3.51. The van der Waals surface area contributed by atoms with Gasteiger partial charge in [-0.15, -0.1) is 0 Å². The molecule has 4 fully saturated rings. The second kappa shape index (κ2) is 7.89. The van der Waals surface area contributed by atoms with E-state index in [0.29, 0.717) is 13.1 Å². The third-order valence-electron chi connectivity index (χ3n) is 6.14. The molecule has 0 aromatic heterocycles. The van der Waals surface area contributed by atoms with E-state index in [0.717, 1.165) is 38.3 Å². The van der Waals surface area contributed by atoms with Gasteiger partial charge in [0.1, 0.15) is 6.04 Å². The van der Waals surface area contributed by atoms with Gasteiger partial charge in [-0.2, -0.15) is 0 Å². The smallest absolute Gasteiger partial charge is 0.315 e. The summed E-state index contributed by atoms with van der Waals surface area (Å²) in [5.41, 5.74) is 0. The van der Waals surface area contributed by atoms with E-state index in [1.165, 1.54) is 12.8 Å². The van der Waals surface area contributed by atoms with Crippen LogP contribution in [0.2, 0.25) is 0 Å². The van der Waals surface area contributed by atoms with Crippen LogP contribution >= 0.6 is 0 Å². The lowest BCUT2D eigenvalue weighted by molar-refractivity contribution is -0.136. The monoisotopic (exact) mass is 391 g/mol. The highest BCUT2D eigenvalue weighted by Gasteiger charge is 2.44. The van der Waals surface area contributed by atoms with Crippen LogP contribution in [0.1, 0.15) is 46.0 Å².